The Bertz CT molecular complexity index is 1370. The van der Waals surface area contributed by atoms with Crippen LogP contribution in [-0.2, 0) is 16.4 Å². The lowest BCUT2D eigenvalue weighted by atomic mass is 10.1. The molecular formula is C24H22N2O5S2. The molecule has 0 saturated heterocycles. The average Bonchev–Trinajstić information content (AvgIpc) is 3.27. The van der Waals surface area contributed by atoms with E-state index in [0.717, 1.165) is 16.5 Å². The number of thiazole rings is 1. The SMILES string of the molecule is COc1ccc(OC)c2sc(N(Cc3ccccc3)C(=O)c3cccc(S(C)(=O)=O)c3)nc12. The smallest absolute Gasteiger partial charge is 0.260 e. The molecular weight excluding hydrogens is 460 g/mol. The van der Waals surface area contributed by atoms with E-state index in [9.17, 15) is 13.2 Å². The van der Waals surface area contributed by atoms with Gasteiger partial charge in [0.1, 0.15) is 21.7 Å². The standard InChI is InChI=1S/C24H22N2O5S2/c1-30-19-12-13-20(31-2)22-21(19)25-24(32-22)26(15-16-8-5-4-6-9-16)23(27)17-10-7-11-18(14-17)33(3,28)29/h4-14H,15H2,1-3H3. The largest absolute Gasteiger partial charge is 0.495 e. The Balaban J connectivity index is 1.85. The highest BCUT2D eigenvalue weighted by Crippen LogP contribution is 2.40. The van der Waals surface area contributed by atoms with Crippen molar-refractivity contribution in [1.82, 2.24) is 4.98 Å². The summed E-state index contributed by atoms with van der Waals surface area (Å²) in [7, 11) is -0.330. The summed E-state index contributed by atoms with van der Waals surface area (Å²) in [6.07, 6.45) is 1.12. The second-order valence-corrected chi connectivity index (χ2v) is 10.3. The number of carbonyl (C=O) groups is 1. The first kappa shape index (κ1) is 22.8. The van der Waals surface area contributed by atoms with Crippen LogP contribution in [0, 0.1) is 0 Å². The molecule has 1 heterocycles. The number of rotatable bonds is 7. The number of ether oxygens (including phenoxy) is 2. The Morgan fingerprint density at radius 3 is 2.33 bits per heavy atom. The second-order valence-electron chi connectivity index (χ2n) is 7.32. The van der Waals surface area contributed by atoms with Gasteiger partial charge in [0.15, 0.2) is 15.0 Å². The molecule has 0 unspecified atom stereocenters. The van der Waals surface area contributed by atoms with Crippen molar-refractivity contribution in [3.8, 4) is 11.5 Å². The van der Waals surface area contributed by atoms with Gasteiger partial charge in [-0.25, -0.2) is 13.4 Å². The van der Waals surface area contributed by atoms with Crippen LogP contribution in [0.5, 0.6) is 11.5 Å². The first-order valence-corrected chi connectivity index (χ1v) is 12.7. The van der Waals surface area contributed by atoms with Gasteiger partial charge in [-0.05, 0) is 35.9 Å². The van der Waals surface area contributed by atoms with Crippen LogP contribution in [0.3, 0.4) is 0 Å². The average molecular weight is 483 g/mol. The third-order valence-electron chi connectivity index (χ3n) is 5.07. The second kappa shape index (κ2) is 9.21. The molecule has 0 bridgehead atoms. The van der Waals surface area contributed by atoms with Crippen LogP contribution in [0.4, 0.5) is 5.13 Å². The van der Waals surface area contributed by atoms with Gasteiger partial charge in [-0.15, -0.1) is 0 Å². The van der Waals surface area contributed by atoms with Gasteiger partial charge in [-0.3, -0.25) is 9.69 Å². The number of hydrogen-bond acceptors (Lipinski definition) is 7. The van der Waals surface area contributed by atoms with Crippen molar-refractivity contribution < 1.29 is 22.7 Å². The summed E-state index contributed by atoms with van der Waals surface area (Å²) >= 11 is 1.31. The molecule has 4 rings (SSSR count). The molecule has 1 aromatic heterocycles. The molecule has 0 atom stereocenters. The van der Waals surface area contributed by atoms with Gasteiger partial charge in [0.2, 0.25) is 0 Å². The number of benzene rings is 3. The number of hydrogen-bond donors (Lipinski definition) is 0. The maximum absolute atomic E-state index is 13.6. The number of nitrogens with zero attached hydrogens (tertiary/aromatic N) is 2. The van der Waals surface area contributed by atoms with Gasteiger partial charge in [-0.1, -0.05) is 47.7 Å². The van der Waals surface area contributed by atoms with Crippen molar-refractivity contribution in [2.24, 2.45) is 0 Å². The van der Waals surface area contributed by atoms with Crippen LogP contribution in [0.25, 0.3) is 10.2 Å². The number of amides is 1. The first-order valence-electron chi connectivity index (χ1n) is 9.99. The zero-order valence-electron chi connectivity index (χ0n) is 18.3. The molecule has 1 amide bonds. The van der Waals surface area contributed by atoms with Crippen LogP contribution in [0.15, 0.2) is 71.6 Å². The predicted molar refractivity (Wildman–Crippen MR) is 129 cm³/mol. The van der Waals surface area contributed by atoms with E-state index in [2.05, 4.69) is 0 Å². The molecule has 170 valence electrons. The Morgan fingerprint density at radius 2 is 1.67 bits per heavy atom. The monoisotopic (exact) mass is 482 g/mol. The van der Waals surface area contributed by atoms with Gasteiger partial charge < -0.3 is 9.47 Å². The fraction of sp³-hybridized carbons (Fsp3) is 0.167. The van der Waals surface area contributed by atoms with Crippen LogP contribution in [0.2, 0.25) is 0 Å². The summed E-state index contributed by atoms with van der Waals surface area (Å²) in [5.74, 6) is 0.835. The quantitative estimate of drug-likeness (QED) is 0.384. The molecule has 0 saturated carbocycles. The van der Waals surface area contributed by atoms with Gasteiger partial charge in [0.05, 0.1) is 25.7 Å². The third-order valence-corrected chi connectivity index (χ3v) is 7.27. The lowest BCUT2D eigenvalue weighted by Crippen LogP contribution is -2.30. The predicted octanol–water partition coefficient (Wildman–Crippen LogP) is 4.56. The highest BCUT2D eigenvalue weighted by atomic mass is 32.2. The Morgan fingerprint density at radius 1 is 0.970 bits per heavy atom. The fourth-order valence-corrected chi connectivity index (χ4v) is 5.14. The van der Waals surface area contributed by atoms with Crippen LogP contribution in [-0.4, -0.2) is 39.8 Å². The van der Waals surface area contributed by atoms with Crippen molar-refractivity contribution >= 4 is 42.4 Å². The van der Waals surface area contributed by atoms with Crippen molar-refractivity contribution in [2.75, 3.05) is 25.4 Å². The molecule has 0 N–H and O–H groups in total. The number of aromatic nitrogens is 1. The van der Waals surface area contributed by atoms with E-state index in [4.69, 9.17) is 14.5 Å². The highest BCUT2D eigenvalue weighted by Gasteiger charge is 2.25. The van der Waals surface area contributed by atoms with Crippen molar-refractivity contribution in [3.63, 3.8) is 0 Å². The van der Waals surface area contributed by atoms with Gasteiger partial charge in [0, 0.05) is 11.8 Å². The zero-order valence-corrected chi connectivity index (χ0v) is 19.9. The van der Waals surface area contributed by atoms with E-state index in [1.54, 1.807) is 43.4 Å². The third kappa shape index (κ3) is 4.69. The minimum atomic E-state index is -3.46. The van der Waals surface area contributed by atoms with Gasteiger partial charge in [-0.2, -0.15) is 0 Å². The lowest BCUT2D eigenvalue weighted by Gasteiger charge is -2.20. The minimum Gasteiger partial charge on any atom is -0.495 e. The van der Waals surface area contributed by atoms with Gasteiger partial charge in [0.25, 0.3) is 5.91 Å². The number of fused-ring (bicyclic) bond motifs is 1. The van der Waals surface area contributed by atoms with E-state index < -0.39 is 9.84 Å². The van der Waals surface area contributed by atoms with Gasteiger partial charge >= 0.3 is 0 Å². The van der Waals surface area contributed by atoms with E-state index in [-0.39, 0.29) is 22.9 Å². The molecule has 4 aromatic rings. The van der Waals surface area contributed by atoms with E-state index >= 15 is 0 Å². The Labute approximate surface area is 196 Å². The lowest BCUT2D eigenvalue weighted by molar-refractivity contribution is 0.0985. The molecule has 9 heteroatoms. The van der Waals surface area contributed by atoms with Crippen molar-refractivity contribution in [1.29, 1.82) is 0 Å². The van der Waals surface area contributed by atoms with Crippen molar-refractivity contribution in [3.05, 3.63) is 77.9 Å². The number of methoxy groups -OCH3 is 2. The van der Waals surface area contributed by atoms with E-state index in [1.807, 2.05) is 30.3 Å². The Kier molecular flexibility index (Phi) is 6.35. The maximum atomic E-state index is 13.6. The summed E-state index contributed by atoms with van der Waals surface area (Å²) in [5.41, 5.74) is 1.75. The topological polar surface area (TPSA) is 85.8 Å². The maximum Gasteiger partial charge on any atom is 0.260 e. The molecule has 0 radical (unpaired) electrons. The molecule has 33 heavy (non-hydrogen) atoms. The summed E-state index contributed by atoms with van der Waals surface area (Å²) in [4.78, 5) is 20.0. The molecule has 0 fully saturated rings. The van der Waals surface area contributed by atoms with Crippen LogP contribution in [0.1, 0.15) is 15.9 Å². The minimum absolute atomic E-state index is 0.0839. The molecule has 7 nitrogen and oxygen atoms in total. The summed E-state index contributed by atoms with van der Waals surface area (Å²) in [5, 5.41) is 0.450. The zero-order chi connectivity index (χ0) is 23.6. The van der Waals surface area contributed by atoms with E-state index in [1.165, 1.54) is 23.5 Å². The Hall–Kier alpha value is -3.43. The molecule has 0 spiro atoms. The highest BCUT2D eigenvalue weighted by molar-refractivity contribution is 7.90. The van der Waals surface area contributed by atoms with Crippen molar-refractivity contribution in [2.45, 2.75) is 11.4 Å². The van der Waals surface area contributed by atoms with Crippen LogP contribution >= 0.6 is 11.3 Å². The molecule has 0 aliphatic rings. The number of carbonyl (C=O) groups excluding carboxylic acids is 1. The first-order chi connectivity index (χ1) is 15.8. The molecule has 0 aliphatic carbocycles. The number of anilines is 1. The molecule has 3 aromatic carbocycles. The normalized spacial score (nSPS) is 11.4. The van der Waals surface area contributed by atoms with Crippen LogP contribution < -0.4 is 14.4 Å². The summed E-state index contributed by atoms with van der Waals surface area (Å²) in [6, 6.07) is 19.1. The summed E-state index contributed by atoms with van der Waals surface area (Å²) < 4.78 is 35.8. The summed E-state index contributed by atoms with van der Waals surface area (Å²) in [6.45, 7) is 0.257. The van der Waals surface area contributed by atoms with E-state index in [0.29, 0.717) is 22.1 Å². The molecule has 0 aliphatic heterocycles. The number of sulfone groups is 1. The fourth-order valence-electron chi connectivity index (χ4n) is 3.40.